The van der Waals surface area contributed by atoms with Crippen LogP contribution in [-0.2, 0) is 0 Å². The highest BCUT2D eigenvalue weighted by molar-refractivity contribution is 5.02. The Morgan fingerprint density at radius 2 is 1.25 bits per heavy atom. The molecule has 0 heterocycles. The lowest BCUT2D eigenvalue weighted by molar-refractivity contribution is -0.376. The third-order valence-electron chi connectivity index (χ3n) is 2.25. The van der Waals surface area contributed by atoms with Crippen LogP contribution in [0.5, 0.6) is 0 Å². The normalized spacial score (nSPS) is 15.1. The number of hydrogen-bond donors (Lipinski definition) is 0. The minimum absolute atomic E-state index is 0.633. The van der Waals surface area contributed by atoms with Crippen LogP contribution in [0.2, 0.25) is 0 Å². The van der Waals surface area contributed by atoms with Crippen molar-refractivity contribution in [2.75, 3.05) is 0 Å². The molecular weight excluding hydrogens is 241 g/mol. The number of halogens is 7. The molecule has 0 rings (SSSR count). The molecule has 0 aliphatic rings. The number of hydrogen-bond acceptors (Lipinski definition) is 0. The first-order valence-corrected chi connectivity index (χ1v) is 4.24. The fraction of sp³-hybridized carbons (Fsp3) is 0.778. The van der Waals surface area contributed by atoms with Crippen LogP contribution in [0.1, 0.15) is 20.3 Å². The van der Waals surface area contributed by atoms with Crippen molar-refractivity contribution >= 4 is 0 Å². The topological polar surface area (TPSA) is 0 Å². The third kappa shape index (κ3) is 2.17. The monoisotopic (exact) mass is 252 g/mol. The van der Waals surface area contributed by atoms with Crippen LogP contribution in [0, 0.1) is 5.41 Å². The summed E-state index contributed by atoms with van der Waals surface area (Å²) >= 11 is 0. The quantitative estimate of drug-likeness (QED) is 0.513. The van der Waals surface area contributed by atoms with Crippen molar-refractivity contribution in [1.29, 1.82) is 0 Å². The molecule has 0 spiro atoms. The van der Waals surface area contributed by atoms with Crippen LogP contribution in [-0.4, -0.2) is 18.0 Å². The summed E-state index contributed by atoms with van der Waals surface area (Å²) in [7, 11) is 0. The molecular formula is C9H11F7. The minimum atomic E-state index is -6.28. The maximum absolute atomic E-state index is 13.1. The van der Waals surface area contributed by atoms with Gasteiger partial charge in [-0.2, -0.15) is 30.7 Å². The van der Waals surface area contributed by atoms with Gasteiger partial charge in [-0.05, 0) is 6.42 Å². The van der Waals surface area contributed by atoms with Crippen LogP contribution in [0.3, 0.4) is 0 Å². The van der Waals surface area contributed by atoms with Crippen LogP contribution in [0.25, 0.3) is 0 Å². The van der Waals surface area contributed by atoms with E-state index in [1.807, 2.05) is 0 Å². The summed E-state index contributed by atoms with van der Waals surface area (Å²) in [6.07, 6.45) is -6.07. The van der Waals surface area contributed by atoms with Crippen LogP contribution < -0.4 is 0 Å². The molecule has 0 aromatic rings. The Balaban J connectivity index is 5.42. The molecule has 0 bridgehead atoms. The van der Waals surface area contributed by atoms with Crippen molar-refractivity contribution in [2.24, 2.45) is 5.41 Å². The predicted octanol–water partition coefficient (Wildman–Crippen LogP) is 4.42. The predicted molar refractivity (Wildman–Crippen MR) is 44.5 cm³/mol. The maximum atomic E-state index is 13.1. The van der Waals surface area contributed by atoms with E-state index in [9.17, 15) is 30.7 Å². The van der Waals surface area contributed by atoms with Crippen molar-refractivity contribution in [3.8, 4) is 0 Å². The van der Waals surface area contributed by atoms with Crippen molar-refractivity contribution < 1.29 is 30.7 Å². The van der Waals surface area contributed by atoms with Crippen LogP contribution >= 0.6 is 0 Å². The van der Waals surface area contributed by atoms with Crippen molar-refractivity contribution in [2.45, 2.75) is 38.3 Å². The van der Waals surface area contributed by atoms with Gasteiger partial charge in [0.2, 0.25) is 0 Å². The van der Waals surface area contributed by atoms with E-state index in [0.29, 0.717) is 13.8 Å². The molecule has 0 aliphatic heterocycles. The maximum Gasteiger partial charge on any atom is 0.459 e. The summed E-state index contributed by atoms with van der Waals surface area (Å²) in [5.74, 6) is -11.3. The van der Waals surface area contributed by atoms with E-state index in [1.54, 1.807) is 0 Å². The molecule has 0 nitrogen and oxygen atoms in total. The smallest absolute Gasteiger partial charge is 0.199 e. The molecule has 7 heteroatoms. The fourth-order valence-corrected chi connectivity index (χ4v) is 1.09. The molecule has 0 N–H and O–H groups in total. The molecule has 0 saturated heterocycles. The molecule has 0 radical (unpaired) electrons. The van der Waals surface area contributed by atoms with Gasteiger partial charge in [-0.25, -0.2) is 0 Å². The van der Waals surface area contributed by atoms with Gasteiger partial charge in [-0.3, -0.25) is 0 Å². The van der Waals surface area contributed by atoms with E-state index >= 15 is 0 Å². The first-order valence-electron chi connectivity index (χ1n) is 4.24. The van der Waals surface area contributed by atoms with Crippen molar-refractivity contribution in [1.82, 2.24) is 0 Å². The van der Waals surface area contributed by atoms with E-state index in [2.05, 4.69) is 6.58 Å². The Morgan fingerprint density at radius 1 is 0.875 bits per heavy atom. The van der Waals surface area contributed by atoms with E-state index in [0.717, 1.165) is 6.08 Å². The molecule has 0 aliphatic carbocycles. The van der Waals surface area contributed by atoms with Crippen molar-refractivity contribution in [3.63, 3.8) is 0 Å². The van der Waals surface area contributed by atoms with E-state index in [4.69, 9.17) is 0 Å². The number of alkyl halides is 7. The third-order valence-corrected chi connectivity index (χ3v) is 2.25. The number of allylic oxidation sites excluding steroid dienone is 1. The Morgan fingerprint density at radius 3 is 1.50 bits per heavy atom. The second-order valence-electron chi connectivity index (χ2n) is 4.02. The number of rotatable bonds is 4. The zero-order chi connectivity index (χ0) is 13.4. The summed E-state index contributed by atoms with van der Waals surface area (Å²) in [5, 5.41) is 0. The summed E-state index contributed by atoms with van der Waals surface area (Å²) in [5.41, 5.74) is -2.53. The van der Waals surface area contributed by atoms with E-state index < -0.39 is 29.9 Å². The Hall–Kier alpha value is -0.750. The van der Waals surface area contributed by atoms with Gasteiger partial charge in [0.25, 0.3) is 0 Å². The lowest BCUT2D eigenvalue weighted by atomic mass is 9.79. The van der Waals surface area contributed by atoms with E-state index in [-0.39, 0.29) is 0 Å². The average molecular weight is 252 g/mol. The van der Waals surface area contributed by atoms with Gasteiger partial charge < -0.3 is 0 Å². The summed E-state index contributed by atoms with van der Waals surface area (Å²) in [6, 6.07) is 0. The standard InChI is InChI=1S/C9H11F7/c1-4-5-6(2,3)7(10,11)8(12,13)9(14,15)16/h4H,1,5H2,2-3H3. The van der Waals surface area contributed by atoms with Gasteiger partial charge in [0.05, 0.1) is 0 Å². The fourth-order valence-electron chi connectivity index (χ4n) is 1.09. The zero-order valence-corrected chi connectivity index (χ0v) is 8.64. The molecule has 96 valence electrons. The Labute approximate surface area is 88.1 Å². The first kappa shape index (κ1) is 15.2. The molecule has 16 heavy (non-hydrogen) atoms. The second kappa shape index (κ2) is 3.92. The minimum Gasteiger partial charge on any atom is -0.199 e. The Bertz CT molecular complexity index is 262. The highest BCUT2D eigenvalue weighted by Gasteiger charge is 2.76. The van der Waals surface area contributed by atoms with Gasteiger partial charge in [-0.15, -0.1) is 6.58 Å². The lowest BCUT2D eigenvalue weighted by Crippen LogP contribution is -2.58. The van der Waals surface area contributed by atoms with Gasteiger partial charge in [0.1, 0.15) is 0 Å². The largest absolute Gasteiger partial charge is 0.459 e. The lowest BCUT2D eigenvalue weighted by Gasteiger charge is -2.38. The molecule has 0 atom stereocenters. The van der Waals surface area contributed by atoms with Crippen molar-refractivity contribution in [3.05, 3.63) is 12.7 Å². The first-order chi connectivity index (χ1) is 6.81. The van der Waals surface area contributed by atoms with Gasteiger partial charge >= 0.3 is 18.0 Å². The molecule has 0 aromatic heterocycles. The van der Waals surface area contributed by atoms with Crippen LogP contribution in [0.15, 0.2) is 12.7 Å². The molecule has 0 aromatic carbocycles. The van der Waals surface area contributed by atoms with Gasteiger partial charge in [0, 0.05) is 5.41 Å². The molecule has 0 unspecified atom stereocenters. The zero-order valence-electron chi connectivity index (χ0n) is 8.64. The van der Waals surface area contributed by atoms with Gasteiger partial charge in [-0.1, -0.05) is 19.9 Å². The summed E-state index contributed by atoms with van der Waals surface area (Å²) in [6.45, 7) is 4.31. The average Bonchev–Trinajstić information content (AvgIpc) is 2.01. The molecule has 0 fully saturated rings. The summed E-state index contributed by atoms with van der Waals surface area (Å²) < 4.78 is 87.1. The SMILES string of the molecule is C=CCC(C)(C)C(F)(F)C(F)(F)C(F)(F)F. The highest BCUT2D eigenvalue weighted by Crippen LogP contribution is 2.55. The highest BCUT2D eigenvalue weighted by atomic mass is 19.4. The molecule has 0 saturated carbocycles. The Kier molecular flexibility index (Phi) is 3.74. The summed E-state index contributed by atoms with van der Waals surface area (Å²) in [4.78, 5) is 0. The second-order valence-corrected chi connectivity index (χ2v) is 4.02. The van der Waals surface area contributed by atoms with E-state index in [1.165, 1.54) is 0 Å². The van der Waals surface area contributed by atoms with Crippen LogP contribution in [0.4, 0.5) is 30.7 Å². The van der Waals surface area contributed by atoms with Gasteiger partial charge in [0.15, 0.2) is 0 Å². The molecule has 0 amide bonds.